The summed E-state index contributed by atoms with van der Waals surface area (Å²) in [5.74, 6) is -0.751. The fourth-order valence-electron chi connectivity index (χ4n) is 4.14. The number of anilines is 1. The molecule has 1 saturated heterocycles. The van der Waals surface area contributed by atoms with Crippen molar-refractivity contribution in [2.45, 2.75) is 13.8 Å². The maximum atomic E-state index is 13.6. The number of hydrogen-bond donors (Lipinski definition) is 0. The lowest BCUT2D eigenvalue weighted by Crippen LogP contribution is -2.47. The predicted molar refractivity (Wildman–Crippen MR) is 117 cm³/mol. The van der Waals surface area contributed by atoms with Crippen LogP contribution in [0.2, 0.25) is 0 Å². The van der Waals surface area contributed by atoms with Crippen LogP contribution in [0.4, 0.5) is 11.4 Å². The maximum Gasteiger partial charge on any atom is 0.282 e. The first-order valence-electron chi connectivity index (χ1n) is 10.3. The predicted octanol–water partition coefficient (Wildman–Crippen LogP) is 2.83. The molecule has 2 aromatic carbocycles. The Hall–Kier alpha value is -3.52. The van der Waals surface area contributed by atoms with Crippen molar-refractivity contribution < 1.29 is 14.5 Å². The van der Waals surface area contributed by atoms with Gasteiger partial charge < -0.3 is 9.80 Å². The van der Waals surface area contributed by atoms with Crippen molar-refractivity contribution in [2.24, 2.45) is 0 Å². The first kappa shape index (κ1) is 20.7. The SMILES string of the molecule is CCN1CCN(C2=C(c3ccc([N+](=O)[O-])cc3)C(=O)N(c3ccccc3C)C2=O)CC1. The average molecular weight is 420 g/mol. The lowest BCUT2D eigenvalue weighted by atomic mass is 10.0. The molecule has 0 N–H and O–H groups in total. The minimum atomic E-state index is -0.482. The number of nitro benzene ring substituents is 1. The summed E-state index contributed by atoms with van der Waals surface area (Å²) >= 11 is 0. The topological polar surface area (TPSA) is 87.0 Å². The third kappa shape index (κ3) is 3.70. The van der Waals surface area contributed by atoms with Crippen molar-refractivity contribution in [1.29, 1.82) is 0 Å². The Morgan fingerprint density at radius 3 is 2.16 bits per heavy atom. The van der Waals surface area contributed by atoms with Gasteiger partial charge in [-0.3, -0.25) is 19.7 Å². The van der Waals surface area contributed by atoms with Gasteiger partial charge in [0.1, 0.15) is 5.70 Å². The number of nitrogens with zero attached hydrogens (tertiary/aromatic N) is 4. The highest BCUT2D eigenvalue weighted by molar-refractivity contribution is 6.45. The van der Waals surface area contributed by atoms with Crippen LogP contribution in [0, 0.1) is 17.0 Å². The number of nitro groups is 1. The average Bonchev–Trinajstić information content (AvgIpc) is 3.04. The molecule has 1 fully saturated rings. The van der Waals surface area contributed by atoms with Crippen molar-refractivity contribution in [3.63, 3.8) is 0 Å². The molecule has 0 spiro atoms. The molecule has 0 radical (unpaired) electrons. The van der Waals surface area contributed by atoms with E-state index in [-0.39, 0.29) is 11.6 Å². The van der Waals surface area contributed by atoms with Crippen LogP contribution in [-0.2, 0) is 9.59 Å². The number of aryl methyl sites for hydroxylation is 1. The van der Waals surface area contributed by atoms with Crippen LogP contribution in [0.3, 0.4) is 0 Å². The Balaban J connectivity index is 1.79. The van der Waals surface area contributed by atoms with Gasteiger partial charge in [0.05, 0.1) is 16.2 Å². The van der Waals surface area contributed by atoms with Gasteiger partial charge >= 0.3 is 0 Å². The standard InChI is InChI=1S/C23H24N4O4/c1-3-24-12-14-25(15-13-24)21-20(17-8-10-18(11-9-17)27(30)31)22(28)26(23(21)29)19-7-5-4-6-16(19)2/h4-11H,3,12-15H2,1-2H3. The number of benzene rings is 2. The van der Waals surface area contributed by atoms with Crippen LogP contribution in [0.25, 0.3) is 5.57 Å². The summed E-state index contributed by atoms with van der Waals surface area (Å²) in [6.45, 7) is 7.78. The van der Waals surface area contributed by atoms with Gasteiger partial charge in [-0.25, -0.2) is 4.90 Å². The van der Waals surface area contributed by atoms with Gasteiger partial charge in [-0.2, -0.15) is 0 Å². The largest absolute Gasteiger partial charge is 0.364 e. The third-order valence-electron chi connectivity index (χ3n) is 5.92. The van der Waals surface area contributed by atoms with Crippen molar-refractivity contribution in [3.8, 4) is 0 Å². The van der Waals surface area contributed by atoms with E-state index >= 15 is 0 Å². The molecule has 2 amide bonds. The second-order valence-corrected chi connectivity index (χ2v) is 7.68. The molecule has 8 heteroatoms. The zero-order valence-corrected chi connectivity index (χ0v) is 17.6. The Morgan fingerprint density at radius 1 is 0.935 bits per heavy atom. The van der Waals surface area contributed by atoms with E-state index in [0.717, 1.165) is 25.2 Å². The van der Waals surface area contributed by atoms with Crippen molar-refractivity contribution >= 4 is 28.8 Å². The minimum absolute atomic E-state index is 0.0602. The zero-order chi connectivity index (χ0) is 22.1. The van der Waals surface area contributed by atoms with Crippen molar-refractivity contribution in [3.05, 3.63) is 75.5 Å². The lowest BCUT2D eigenvalue weighted by Gasteiger charge is -2.36. The van der Waals surface area contributed by atoms with E-state index in [9.17, 15) is 19.7 Å². The Labute approximate surface area is 180 Å². The van der Waals surface area contributed by atoms with Gasteiger partial charge in [-0.1, -0.05) is 25.1 Å². The second-order valence-electron chi connectivity index (χ2n) is 7.68. The number of piperazine rings is 1. The number of non-ortho nitro benzene ring substituents is 1. The van der Waals surface area contributed by atoms with Gasteiger partial charge in [-0.15, -0.1) is 0 Å². The van der Waals surface area contributed by atoms with Crippen LogP contribution in [0.15, 0.2) is 54.2 Å². The smallest absolute Gasteiger partial charge is 0.282 e. The van der Waals surface area contributed by atoms with Gasteiger partial charge in [0.15, 0.2) is 0 Å². The fourth-order valence-corrected chi connectivity index (χ4v) is 4.14. The molecule has 4 rings (SSSR count). The number of amides is 2. The van der Waals surface area contributed by atoms with Crippen molar-refractivity contribution in [2.75, 3.05) is 37.6 Å². The highest BCUT2D eigenvalue weighted by atomic mass is 16.6. The molecule has 0 unspecified atom stereocenters. The van der Waals surface area contributed by atoms with E-state index < -0.39 is 10.8 Å². The quantitative estimate of drug-likeness (QED) is 0.420. The van der Waals surface area contributed by atoms with Crippen LogP contribution < -0.4 is 4.90 Å². The van der Waals surface area contributed by atoms with E-state index in [1.165, 1.54) is 17.0 Å². The molecule has 160 valence electrons. The van der Waals surface area contributed by atoms with E-state index in [2.05, 4.69) is 11.8 Å². The first-order chi connectivity index (χ1) is 14.9. The molecule has 31 heavy (non-hydrogen) atoms. The molecule has 2 aliphatic rings. The summed E-state index contributed by atoms with van der Waals surface area (Å²) in [6, 6.07) is 13.1. The van der Waals surface area contributed by atoms with Crippen molar-refractivity contribution in [1.82, 2.24) is 9.80 Å². The molecule has 0 aliphatic carbocycles. The zero-order valence-electron chi connectivity index (χ0n) is 17.6. The van der Waals surface area contributed by atoms with Gasteiger partial charge in [0.2, 0.25) is 0 Å². The van der Waals surface area contributed by atoms with E-state index in [0.29, 0.717) is 35.6 Å². The number of likely N-dealkylation sites (N-methyl/N-ethyl adjacent to an activating group) is 1. The van der Waals surface area contributed by atoms with Crippen LogP contribution >= 0.6 is 0 Å². The normalized spacial score (nSPS) is 17.6. The summed E-state index contributed by atoms with van der Waals surface area (Å²) < 4.78 is 0. The molecule has 8 nitrogen and oxygen atoms in total. The Kier molecular flexibility index (Phi) is 5.56. The first-order valence-corrected chi connectivity index (χ1v) is 10.3. The van der Waals surface area contributed by atoms with E-state index in [4.69, 9.17) is 0 Å². The van der Waals surface area contributed by atoms with E-state index in [1.54, 1.807) is 24.3 Å². The summed E-state index contributed by atoms with van der Waals surface area (Å²) in [7, 11) is 0. The van der Waals surface area contributed by atoms with Gasteiger partial charge in [-0.05, 0) is 42.8 Å². The fraction of sp³-hybridized carbons (Fsp3) is 0.304. The maximum absolute atomic E-state index is 13.6. The minimum Gasteiger partial charge on any atom is -0.364 e. The second kappa shape index (κ2) is 8.31. The van der Waals surface area contributed by atoms with E-state index in [1.807, 2.05) is 24.0 Å². The van der Waals surface area contributed by atoms with Crippen LogP contribution in [0.5, 0.6) is 0 Å². The molecule has 0 atom stereocenters. The molecule has 2 heterocycles. The molecule has 0 aromatic heterocycles. The third-order valence-corrected chi connectivity index (χ3v) is 5.92. The highest BCUT2D eigenvalue weighted by Gasteiger charge is 2.43. The molecule has 2 aliphatic heterocycles. The number of hydrogen-bond acceptors (Lipinski definition) is 6. The summed E-state index contributed by atoms with van der Waals surface area (Å²) in [6.07, 6.45) is 0. The number of para-hydroxylation sites is 1. The Bertz CT molecular complexity index is 1070. The number of carbonyl (C=O) groups is 2. The molecular weight excluding hydrogens is 396 g/mol. The molecule has 0 saturated carbocycles. The lowest BCUT2D eigenvalue weighted by molar-refractivity contribution is -0.384. The monoisotopic (exact) mass is 420 g/mol. The van der Waals surface area contributed by atoms with Gasteiger partial charge in [0, 0.05) is 38.3 Å². The Morgan fingerprint density at radius 2 is 1.58 bits per heavy atom. The molecule has 2 aromatic rings. The summed E-state index contributed by atoms with van der Waals surface area (Å²) in [5.41, 5.74) is 2.50. The van der Waals surface area contributed by atoms with Gasteiger partial charge in [0.25, 0.3) is 17.5 Å². The van der Waals surface area contributed by atoms with Crippen LogP contribution in [0.1, 0.15) is 18.1 Å². The highest BCUT2D eigenvalue weighted by Crippen LogP contribution is 2.36. The number of carbonyl (C=O) groups excluding carboxylic acids is 2. The van der Waals surface area contributed by atoms with Crippen LogP contribution in [-0.4, -0.2) is 59.3 Å². The number of rotatable bonds is 5. The molecular formula is C23H24N4O4. The summed E-state index contributed by atoms with van der Waals surface area (Å²) in [5, 5.41) is 11.0. The molecule has 0 bridgehead atoms. The number of imide groups is 1. The summed E-state index contributed by atoms with van der Waals surface area (Å²) in [4.78, 5) is 43.2.